The fraction of sp³-hybridized carbons (Fsp3) is 0.409. The van der Waals surface area contributed by atoms with Crippen LogP contribution >= 0.6 is 0 Å². The molecule has 1 aliphatic rings. The quantitative estimate of drug-likeness (QED) is 0.799. The Hall–Kier alpha value is -2.89. The maximum Gasteiger partial charge on any atom is 0.260 e. The van der Waals surface area contributed by atoms with Gasteiger partial charge in [-0.15, -0.1) is 0 Å². The summed E-state index contributed by atoms with van der Waals surface area (Å²) in [6.07, 6.45) is 2.54. The molecule has 0 radical (unpaired) electrons. The van der Waals surface area contributed by atoms with Gasteiger partial charge in [0.05, 0.1) is 5.69 Å². The summed E-state index contributed by atoms with van der Waals surface area (Å²) in [7, 11) is 0. The van der Waals surface area contributed by atoms with Crippen molar-refractivity contribution in [2.24, 2.45) is 11.7 Å². The van der Waals surface area contributed by atoms with Gasteiger partial charge in [0.2, 0.25) is 5.91 Å². The fourth-order valence-electron chi connectivity index (χ4n) is 3.62. The van der Waals surface area contributed by atoms with Gasteiger partial charge in [-0.05, 0) is 61.9 Å². The number of likely N-dealkylation sites (tertiary alicyclic amines) is 1. The molecule has 1 aliphatic heterocycles. The van der Waals surface area contributed by atoms with Crippen LogP contribution in [0.25, 0.3) is 0 Å². The molecule has 1 aromatic carbocycles. The first-order valence-corrected chi connectivity index (χ1v) is 9.72. The van der Waals surface area contributed by atoms with Gasteiger partial charge in [-0.3, -0.25) is 14.6 Å². The predicted molar refractivity (Wildman–Crippen MR) is 107 cm³/mol. The first-order valence-electron chi connectivity index (χ1n) is 9.72. The highest BCUT2D eigenvalue weighted by molar-refractivity contribution is 5.92. The lowest BCUT2D eigenvalue weighted by Gasteiger charge is -2.18. The number of ether oxygens (including phenoxy) is 1. The highest BCUT2D eigenvalue weighted by Gasteiger charge is 2.26. The first-order chi connectivity index (χ1) is 13.5. The van der Waals surface area contributed by atoms with Gasteiger partial charge >= 0.3 is 0 Å². The van der Waals surface area contributed by atoms with Crippen molar-refractivity contribution < 1.29 is 14.3 Å². The summed E-state index contributed by atoms with van der Waals surface area (Å²) in [5.41, 5.74) is 8.77. The van der Waals surface area contributed by atoms with Crippen molar-refractivity contribution in [2.75, 3.05) is 19.7 Å². The number of nitrogens with two attached hydrogens (primary N) is 1. The number of pyridine rings is 1. The molecule has 28 heavy (non-hydrogen) atoms. The number of primary amides is 1. The zero-order valence-corrected chi connectivity index (χ0v) is 16.5. The van der Waals surface area contributed by atoms with Gasteiger partial charge in [-0.2, -0.15) is 0 Å². The van der Waals surface area contributed by atoms with Crippen LogP contribution in [0.15, 0.2) is 36.4 Å². The van der Waals surface area contributed by atoms with Gasteiger partial charge in [-0.25, -0.2) is 0 Å². The van der Waals surface area contributed by atoms with E-state index in [0.717, 1.165) is 42.8 Å². The molecule has 2 heterocycles. The summed E-state index contributed by atoms with van der Waals surface area (Å²) >= 11 is 0. The summed E-state index contributed by atoms with van der Waals surface area (Å²) in [4.78, 5) is 30.2. The van der Waals surface area contributed by atoms with E-state index in [0.29, 0.717) is 23.8 Å². The molecular weight excluding hydrogens is 354 g/mol. The smallest absolute Gasteiger partial charge is 0.260 e. The van der Waals surface area contributed by atoms with Crippen molar-refractivity contribution in [3.05, 3.63) is 58.9 Å². The van der Waals surface area contributed by atoms with E-state index in [1.165, 1.54) is 0 Å². The van der Waals surface area contributed by atoms with E-state index in [9.17, 15) is 9.59 Å². The van der Waals surface area contributed by atoms with Crippen LogP contribution < -0.4 is 10.5 Å². The number of nitrogens with zero attached hydrogens (tertiary/aromatic N) is 2. The van der Waals surface area contributed by atoms with Crippen molar-refractivity contribution in [3.8, 4) is 5.75 Å². The van der Waals surface area contributed by atoms with Crippen LogP contribution in [0.5, 0.6) is 5.75 Å². The summed E-state index contributed by atoms with van der Waals surface area (Å²) in [5, 5.41) is 0. The van der Waals surface area contributed by atoms with Crippen molar-refractivity contribution in [1.82, 2.24) is 9.88 Å². The Morgan fingerprint density at radius 1 is 1.29 bits per heavy atom. The molecule has 6 heteroatoms. The summed E-state index contributed by atoms with van der Waals surface area (Å²) in [5.74, 6) is 0.634. The molecule has 148 valence electrons. The summed E-state index contributed by atoms with van der Waals surface area (Å²) in [6, 6.07) is 11.2. The number of carbonyl (C=O) groups excluding carboxylic acids is 2. The highest BCUT2D eigenvalue weighted by atomic mass is 16.5. The summed E-state index contributed by atoms with van der Waals surface area (Å²) < 4.78 is 5.75. The number of hydrogen-bond donors (Lipinski definition) is 1. The number of hydrogen-bond acceptors (Lipinski definition) is 4. The molecule has 0 spiro atoms. The van der Waals surface area contributed by atoms with Gasteiger partial charge in [0.1, 0.15) is 5.75 Å². The fourth-order valence-corrected chi connectivity index (χ4v) is 3.62. The number of aryl methyl sites for hydroxylation is 2. The van der Waals surface area contributed by atoms with E-state index in [-0.39, 0.29) is 12.5 Å². The van der Waals surface area contributed by atoms with Crippen LogP contribution in [0, 0.1) is 12.8 Å². The minimum atomic E-state index is -0.417. The number of benzene rings is 1. The molecule has 1 atom stereocenters. The normalized spacial score (nSPS) is 16.2. The Kier molecular flexibility index (Phi) is 6.29. The molecule has 1 saturated heterocycles. The van der Waals surface area contributed by atoms with Gasteiger partial charge in [0, 0.05) is 24.3 Å². The molecular formula is C22H27N3O3. The molecule has 6 nitrogen and oxygen atoms in total. The average molecular weight is 381 g/mol. The molecule has 1 fully saturated rings. The van der Waals surface area contributed by atoms with E-state index in [1.54, 1.807) is 6.07 Å². The maximum atomic E-state index is 12.5. The largest absolute Gasteiger partial charge is 0.482 e. The van der Waals surface area contributed by atoms with E-state index in [2.05, 4.69) is 4.98 Å². The molecule has 1 unspecified atom stereocenters. The Balaban J connectivity index is 1.53. The zero-order valence-electron chi connectivity index (χ0n) is 16.5. The predicted octanol–water partition coefficient (Wildman–Crippen LogP) is 2.52. The van der Waals surface area contributed by atoms with E-state index in [4.69, 9.17) is 10.5 Å². The number of rotatable bonds is 7. The lowest BCUT2D eigenvalue weighted by Crippen LogP contribution is -2.33. The number of amides is 2. The third-order valence-corrected chi connectivity index (χ3v) is 5.13. The van der Waals surface area contributed by atoms with Crippen molar-refractivity contribution in [1.29, 1.82) is 0 Å². The molecule has 0 aliphatic carbocycles. The van der Waals surface area contributed by atoms with Gasteiger partial charge in [-0.1, -0.05) is 19.1 Å². The third-order valence-electron chi connectivity index (χ3n) is 5.13. The summed E-state index contributed by atoms with van der Waals surface area (Å²) in [6.45, 7) is 5.43. The Labute approximate surface area is 165 Å². The van der Waals surface area contributed by atoms with Crippen molar-refractivity contribution in [3.63, 3.8) is 0 Å². The second-order valence-corrected chi connectivity index (χ2v) is 7.30. The minimum Gasteiger partial charge on any atom is -0.482 e. The molecule has 0 bridgehead atoms. The number of aromatic nitrogens is 1. The van der Waals surface area contributed by atoms with Crippen LogP contribution in [-0.4, -0.2) is 41.4 Å². The topological polar surface area (TPSA) is 85.5 Å². The lowest BCUT2D eigenvalue weighted by atomic mass is 9.97. The molecule has 2 aromatic rings. The zero-order chi connectivity index (χ0) is 20.1. The van der Waals surface area contributed by atoms with E-state index in [1.807, 2.05) is 49.1 Å². The van der Waals surface area contributed by atoms with Gasteiger partial charge < -0.3 is 15.4 Å². The first kappa shape index (κ1) is 19.9. The Bertz CT molecular complexity index is 866. The Morgan fingerprint density at radius 2 is 2.11 bits per heavy atom. The lowest BCUT2D eigenvalue weighted by molar-refractivity contribution is -0.132. The van der Waals surface area contributed by atoms with Crippen molar-refractivity contribution in [2.45, 2.75) is 33.1 Å². The van der Waals surface area contributed by atoms with Crippen LogP contribution in [0.1, 0.15) is 40.7 Å². The SMILES string of the molecule is CCc1nc(C)ccc1OCC(=O)N1CCC(Cc2cccc(C(N)=O)c2)C1. The van der Waals surface area contributed by atoms with Crippen molar-refractivity contribution >= 4 is 11.8 Å². The molecule has 1 aromatic heterocycles. The standard InChI is InChI=1S/C22H27N3O3/c1-3-19-20(8-7-15(2)24-19)28-14-21(26)25-10-9-17(13-25)11-16-5-4-6-18(12-16)22(23)27/h4-8,12,17H,3,9-11,13-14H2,1-2H3,(H2,23,27). The van der Waals surface area contributed by atoms with Gasteiger partial charge in [0.25, 0.3) is 5.91 Å². The highest BCUT2D eigenvalue weighted by Crippen LogP contribution is 2.22. The molecule has 2 N–H and O–H groups in total. The second kappa shape index (κ2) is 8.87. The average Bonchev–Trinajstić information content (AvgIpc) is 3.15. The van der Waals surface area contributed by atoms with Crippen LogP contribution in [0.3, 0.4) is 0 Å². The monoisotopic (exact) mass is 381 g/mol. The van der Waals surface area contributed by atoms with E-state index < -0.39 is 5.91 Å². The molecule has 2 amide bonds. The number of carbonyl (C=O) groups is 2. The second-order valence-electron chi connectivity index (χ2n) is 7.30. The maximum absolute atomic E-state index is 12.5. The van der Waals surface area contributed by atoms with E-state index >= 15 is 0 Å². The Morgan fingerprint density at radius 3 is 2.86 bits per heavy atom. The molecule has 3 rings (SSSR count). The molecule has 0 saturated carbocycles. The third kappa shape index (κ3) is 4.88. The van der Waals surface area contributed by atoms with Gasteiger partial charge in [0.15, 0.2) is 6.61 Å². The minimum absolute atomic E-state index is 0.00369. The van der Waals surface area contributed by atoms with Crippen LogP contribution in [-0.2, 0) is 17.6 Å². The van der Waals surface area contributed by atoms with Crippen LogP contribution in [0.4, 0.5) is 0 Å². The van der Waals surface area contributed by atoms with Crippen LogP contribution in [0.2, 0.25) is 0 Å².